The van der Waals surface area contributed by atoms with Crippen molar-refractivity contribution in [2.24, 2.45) is 0 Å². The zero-order valence-electron chi connectivity index (χ0n) is 17.0. The lowest BCUT2D eigenvalue weighted by molar-refractivity contribution is -0.116. The van der Waals surface area contributed by atoms with Crippen LogP contribution in [0.4, 0.5) is 5.69 Å². The van der Waals surface area contributed by atoms with Gasteiger partial charge in [-0.1, -0.05) is 12.1 Å². The van der Waals surface area contributed by atoms with E-state index in [1.807, 2.05) is 25.1 Å². The van der Waals surface area contributed by atoms with E-state index in [-0.39, 0.29) is 18.9 Å². The van der Waals surface area contributed by atoms with Gasteiger partial charge >= 0.3 is 0 Å². The van der Waals surface area contributed by atoms with Crippen molar-refractivity contribution in [3.05, 3.63) is 53.1 Å². The van der Waals surface area contributed by atoms with Gasteiger partial charge in [0.1, 0.15) is 5.75 Å². The Morgan fingerprint density at radius 2 is 1.83 bits per heavy atom. The molecule has 2 N–H and O–H groups in total. The largest absolute Gasteiger partial charge is 0.495 e. The van der Waals surface area contributed by atoms with E-state index in [4.69, 9.17) is 4.74 Å². The number of hydrogen-bond acceptors (Lipinski definition) is 4. The molecule has 0 aliphatic heterocycles. The van der Waals surface area contributed by atoms with E-state index in [9.17, 15) is 13.2 Å². The standard InChI is InChI=1S/C22H28N2O4S/c1-16-9-12-20(21(14-16)28-2)24-22(25)8-5-13-23-29(26,27)19-11-10-17-6-3-4-7-18(17)15-19/h9-12,14-15,23H,3-8,13H2,1-2H3,(H,24,25). The monoisotopic (exact) mass is 416 g/mol. The summed E-state index contributed by atoms with van der Waals surface area (Å²) in [6.07, 6.45) is 4.83. The van der Waals surface area contributed by atoms with Crippen LogP contribution in [0.1, 0.15) is 42.4 Å². The Bertz CT molecular complexity index is 986. The second kappa shape index (κ2) is 9.41. The molecular formula is C22H28N2O4S. The summed E-state index contributed by atoms with van der Waals surface area (Å²) in [6.45, 7) is 2.15. The Labute approximate surface area is 172 Å². The minimum Gasteiger partial charge on any atom is -0.495 e. The molecule has 0 bridgehead atoms. The van der Waals surface area contributed by atoms with Crippen molar-refractivity contribution < 1.29 is 17.9 Å². The zero-order valence-corrected chi connectivity index (χ0v) is 17.8. The number of nitrogens with one attached hydrogen (secondary N) is 2. The number of ether oxygens (including phenoxy) is 1. The van der Waals surface area contributed by atoms with E-state index in [1.165, 1.54) is 5.56 Å². The molecule has 0 saturated heterocycles. The molecule has 1 amide bonds. The number of amides is 1. The summed E-state index contributed by atoms with van der Waals surface area (Å²) in [6, 6.07) is 10.9. The molecule has 7 heteroatoms. The molecule has 29 heavy (non-hydrogen) atoms. The van der Waals surface area contributed by atoms with Crippen LogP contribution in [-0.4, -0.2) is 28.0 Å². The van der Waals surface area contributed by atoms with Gasteiger partial charge in [0.15, 0.2) is 0 Å². The van der Waals surface area contributed by atoms with Crippen LogP contribution in [0, 0.1) is 6.92 Å². The van der Waals surface area contributed by atoms with Crippen LogP contribution in [0.15, 0.2) is 41.3 Å². The molecule has 2 aromatic rings. The smallest absolute Gasteiger partial charge is 0.240 e. The van der Waals surface area contributed by atoms with Gasteiger partial charge in [-0.2, -0.15) is 0 Å². The highest BCUT2D eigenvalue weighted by molar-refractivity contribution is 7.89. The molecule has 0 heterocycles. The zero-order chi connectivity index (χ0) is 20.9. The fourth-order valence-electron chi connectivity index (χ4n) is 3.53. The van der Waals surface area contributed by atoms with E-state index in [2.05, 4.69) is 10.0 Å². The summed E-state index contributed by atoms with van der Waals surface area (Å²) in [4.78, 5) is 12.5. The third kappa shape index (κ3) is 5.58. The van der Waals surface area contributed by atoms with Gasteiger partial charge in [0.05, 0.1) is 17.7 Å². The van der Waals surface area contributed by atoms with E-state index in [0.717, 1.165) is 36.8 Å². The van der Waals surface area contributed by atoms with Crippen molar-refractivity contribution in [3.8, 4) is 5.75 Å². The van der Waals surface area contributed by atoms with E-state index in [1.54, 1.807) is 25.3 Å². The minimum atomic E-state index is -3.57. The van der Waals surface area contributed by atoms with E-state index >= 15 is 0 Å². The van der Waals surface area contributed by atoms with Crippen molar-refractivity contribution in [1.82, 2.24) is 4.72 Å². The predicted molar refractivity (Wildman–Crippen MR) is 114 cm³/mol. The van der Waals surface area contributed by atoms with Gasteiger partial charge in [-0.3, -0.25) is 4.79 Å². The fraction of sp³-hybridized carbons (Fsp3) is 0.409. The number of aryl methyl sites for hydroxylation is 3. The first-order chi connectivity index (χ1) is 13.9. The van der Waals surface area contributed by atoms with Gasteiger partial charge in [0.2, 0.25) is 15.9 Å². The quantitative estimate of drug-likeness (QED) is 0.644. The molecule has 0 unspecified atom stereocenters. The van der Waals surface area contributed by atoms with E-state index < -0.39 is 10.0 Å². The lowest BCUT2D eigenvalue weighted by Gasteiger charge is -2.16. The number of rotatable bonds is 8. The van der Waals surface area contributed by atoms with Crippen molar-refractivity contribution in [2.75, 3.05) is 19.0 Å². The Kier molecular flexibility index (Phi) is 6.92. The summed E-state index contributed by atoms with van der Waals surface area (Å²) >= 11 is 0. The van der Waals surface area contributed by atoms with Crippen LogP contribution >= 0.6 is 0 Å². The molecule has 2 aromatic carbocycles. The number of methoxy groups -OCH3 is 1. The number of anilines is 1. The maximum atomic E-state index is 12.5. The molecule has 1 aliphatic rings. The SMILES string of the molecule is COc1cc(C)ccc1NC(=O)CCCNS(=O)(=O)c1ccc2c(c1)CCCC2. The van der Waals surface area contributed by atoms with Crippen LogP contribution in [-0.2, 0) is 27.7 Å². The van der Waals surface area contributed by atoms with Gasteiger partial charge < -0.3 is 10.1 Å². The Morgan fingerprint density at radius 3 is 2.59 bits per heavy atom. The third-order valence-electron chi connectivity index (χ3n) is 5.13. The molecule has 156 valence electrons. The summed E-state index contributed by atoms with van der Waals surface area (Å²) in [5, 5.41) is 2.81. The van der Waals surface area contributed by atoms with Gasteiger partial charge in [-0.05, 0) is 80.0 Å². The summed E-state index contributed by atoms with van der Waals surface area (Å²) in [7, 11) is -2.01. The fourth-order valence-corrected chi connectivity index (χ4v) is 4.65. The molecule has 0 fully saturated rings. The molecule has 0 saturated carbocycles. The summed E-state index contributed by atoms with van der Waals surface area (Å²) in [5.41, 5.74) is 4.03. The number of carbonyl (C=O) groups is 1. The highest BCUT2D eigenvalue weighted by Crippen LogP contribution is 2.26. The van der Waals surface area contributed by atoms with Gasteiger partial charge in [-0.25, -0.2) is 13.1 Å². The summed E-state index contributed by atoms with van der Waals surface area (Å²) < 4.78 is 33.0. The Balaban J connectivity index is 1.50. The topological polar surface area (TPSA) is 84.5 Å². The van der Waals surface area contributed by atoms with Gasteiger partial charge in [0, 0.05) is 13.0 Å². The van der Waals surface area contributed by atoms with Gasteiger partial charge in [-0.15, -0.1) is 0 Å². The van der Waals surface area contributed by atoms with E-state index in [0.29, 0.717) is 22.8 Å². The molecule has 1 aliphatic carbocycles. The van der Waals surface area contributed by atoms with Crippen LogP contribution < -0.4 is 14.8 Å². The summed E-state index contributed by atoms with van der Waals surface area (Å²) in [5.74, 6) is 0.423. The lowest BCUT2D eigenvalue weighted by Crippen LogP contribution is -2.26. The normalized spacial score (nSPS) is 13.6. The number of hydrogen-bond donors (Lipinski definition) is 2. The maximum absolute atomic E-state index is 12.5. The highest BCUT2D eigenvalue weighted by Gasteiger charge is 2.17. The number of sulfonamides is 1. The average Bonchev–Trinajstić information content (AvgIpc) is 2.72. The second-order valence-corrected chi connectivity index (χ2v) is 9.16. The highest BCUT2D eigenvalue weighted by atomic mass is 32.2. The van der Waals surface area contributed by atoms with Crippen molar-refractivity contribution in [1.29, 1.82) is 0 Å². The van der Waals surface area contributed by atoms with Crippen LogP contribution in [0.25, 0.3) is 0 Å². The second-order valence-electron chi connectivity index (χ2n) is 7.39. The van der Waals surface area contributed by atoms with Crippen molar-refractivity contribution in [2.45, 2.75) is 50.3 Å². The molecule has 6 nitrogen and oxygen atoms in total. The Hall–Kier alpha value is -2.38. The van der Waals surface area contributed by atoms with Crippen LogP contribution in [0.5, 0.6) is 5.75 Å². The first kappa shape index (κ1) is 21.3. The molecule has 0 radical (unpaired) electrons. The Morgan fingerprint density at radius 1 is 1.07 bits per heavy atom. The van der Waals surface area contributed by atoms with Crippen LogP contribution in [0.3, 0.4) is 0 Å². The molecule has 3 rings (SSSR count). The molecule has 0 spiro atoms. The number of carbonyl (C=O) groups excluding carboxylic acids is 1. The first-order valence-corrected chi connectivity index (χ1v) is 11.4. The predicted octanol–water partition coefficient (Wildman–Crippen LogP) is 3.58. The number of fused-ring (bicyclic) bond motifs is 1. The van der Waals surface area contributed by atoms with Crippen molar-refractivity contribution in [3.63, 3.8) is 0 Å². The molecule has 0 atom stereocenters. The molecule has 0 aromatic heterocycles. The van der Waals surface area contributed by atoms with Gasteiger partial charge in [0.25, 0.3) is 0 Å². The van der Waals surface area contributed by atoms with Crippen molar-refractivity contribution >= 4 is 21.6 Å². The number of benzene rings is 2. The third-order valence-corrected chi connectivity index (χ3v) is 6.59. The average molecular weight is 417 g/mol. The molecular weight excluding hydrogens is 388 g/mol. The lowest BCUT2D eigenvalue weighted by atomic mass is 9.92. The van der Waals surface area contributed by atoms with Crippen LogP contribution in [0.2, 0.25) is 0 Å². The maximum Gasteiger partial charge on any atom is 0.240 e. The minimum absolute atomic E-state index is 0.180. The first-order valence-electron chi connectivity index (χ1n) is 9.95.